The molecule has 1 unspecified atom stereocenters. The molecule has 1 heterocycles. The monoisotopic (exact) mass is 216 g/mol. The molecule has 1 aromatic carbocycles. The number of aliphatic imine (C=N–C) groups is 1. The summed E-state index contributed by atoms with van der Waals surface area (Å²) < 4.78 is 5.53. The second kappa shape index (κ2) is 3.15. The van der Waals surface area contributed by atoms with Crippen molar-refractivity contribution in [2.75, 3.05) is 0 Å². The minimum Gasteiger partial charge on any atom is -0.448 e. The van der Waals surface area contributed by atoms with Gasteiger partial charge in [-0.1, -0.05) is 18.2 Å². The molecule has 0 spiro atoms. The fraction of sp³-hybridized carbons (Fsp3) is 0.333. The van der Waals surface area contributed by atoms with E-state index in [0.29, 0.717) is 23.7 Å². The van der Waals surface area contributed by atoms with Crippen LogP contribution in [-0.4, -0.2) is 12.2 Å². The van der Waals surface area contributed by atoms with Gasteiger partial charge in [0.2, 0.25) is 5.72 Å². The molecule has 0 aromatic heterocycles. The average Bonchev–Trinajstić information content (AvgIpc) is 3.13. The van der Waals surface area contributed by atoms with E-state index in [0.717, 1.165) is 18.5 Å². The van der Waals surface area contributed by atoms with Gasteiger partial charge in [-0.3, -0.25) is 10.5 Å². The van der Waals surface area contributed by atoms with E-state index in [-0.39, 0.29) is 0 Å². The van der Waals surface area contributed by atoms with Gasteiger partial charge in [-0.05, 0) is 18.9 Å². The van der Waals surface area contributed by atoms with Crippen molar-refractivity contribution in [3.63, 3.8) is 0 Å². The number of nitrogens with two attached hydrogens (primary N) is 1. The zero-order valence-electron chi connectivity index (χ0n) is 8.72. The van der Waals surface area contributed by atoms with E-state index in [1.54, 1.807) is 6.07 Å². The number of ether oxygens (including phenoxy) is 1. The number of benzene rings is 1. The minimum atomic E-state index is -1.36. The van der Waals surface area contributed by atoms with Crippen LogP contribution in [0, 0.1) is 5.92 Å². The van der Waals surface area contributed by atoms with Gasteiger partial charge in [-0.25, -0.2) is 4.99 Å². The summed E-state index contributed by atoms with van der Waals surface area (Å²) in [5.41, 5.74) is 5.96. The number of aldehydes is 1. The highest BCUT2D eigenvalue weighted by atomic mass is 16.5. The molecule has 1 aliphatic heterocycles. The third-order valence-electron chi connectivity index (χ3n) is 2.93. The third kappa shape index (κ3) is 1.34. The molecule has 3 rings (SSSR count). The Morgan fingerprint density at radius 2 is 2.19 bits per heavy atom. The van der Waals surface area contributed by atoms with Gasteiger partial charge in [0.1, 0.15) is 0 Å². The zero-order valence-corrected chi connectivity index (χ0v) is 8.72. The molecule has 2 aliphatic rings. The van der Waals surface area contributed by atoms with E-state index < -0.39 is 5.72 Å². The van der Waals surface area contributed by atoms with Crippen LogP contribution in [0.2, 0.25) is 0 Å². The van der Waals surface area contributed by atoms with Gasteiger partial charge in [0.25, 0.3) is 0 Å². The van der Waals surface area contributed by atoms with Gasteiger partial charge < -0.3 is 4.74 Å². The molecule has 1 aromatic rings. The molecule has 0 radical (unpaired) electrons. The summed E-state index contributed by atoms with van der Waals surface area (Å²) in [4.78, 5) is 15.5. The number of carbonyl (C=O) groups excluding carboxylic acids is 1. The number of rotatable bonds is 2. The molecule has 0 amide bonds. The second-order valence-corrected chi connectivity index (χ2v) is 4.25. The van der Waals surface area contributed by atoms with Gasteiger partial charge in [0, 0.05) is 11.5 Å². The van der Waals surface area contributed by atoms with Crippen LogP contribution >= 0.6 is 0 Å². The van der Waals surface area contributed by atoms with Crippen molar-refractivity contribution in [3.8, 4) is 0 Å². The predicted octanol–water partition coefficient (Wildman–Crippen LogP) is 1.47. The molecular formula is C12H12N2O2. The summed E-state index contributed by atoms with van der Waals surface area (Å²) in [6.45, 7) is 0. The first kappa shape index (κ1) is 9.54. The van der Waals surface area contributed by atoms with E-state index in [1.807, 2.05) is 18.2 Å². The lowest BCUT2D eigenvalue weighted by molar-refractivity contribution is -0.123. The molecule has 0 bridgehead atoms. The van der Waals surface area contributed by atoms with E-state index in [4.69, 9.17) is 10.5 Å². The summed E-state index contributed by atoms with van der Waals surface area (Å²) in [5, 5.41) is 0. The molecule has 0 saturated heterocycles. The number of carbonyl (C=O) groups is 1. The summed E-state index contributed by atoms with van der Waals surface area (Å²) in [6, 6.07) is 7.33. The van der Waals surface area contributed by atoms with Crippen LogP contribution in [0.3, 0.4) is 0 Å². The number of nitrogens with zero attached hydrogens (tertiary/aromatic N) is 1. The maximum absolute atomic E-state index is 11.1. The Morgan fingerprint density at radius 3 is 2.88 bits per heavy atom. The van der Waals surface area contributed by atoms with Gasteiger partial charge in [0.15, 0.2) is 12.2 Å². The standard InChI is InChI=1S/C12H12N2O2/c13-12(7-15)9-3-1-2-4-10(9)14-11(16-12)8-5-6-8/h1-4,7-8H,5-6,13H2. The van der Waals surface area contributed by atoms with Crippen molar-refractivity contribution in [2.24, 2.45) is 16.6 Å². The van der Waals surface area contributed by atoms with Crippen LogP contribution in [0.25, 0.3) is 0 Å². The quantitative estimate of drug-likeness (QED) is 0.761. The zero-order chi connectivity index (χ0) is 11.2. The molecule has 1 saturated carbocycles. The van der Waals surface area contributed by atoms with Crippen molar-refractivity contribution in [3.05, 3.63) is 29.8 Å². The minimum absolute atomic E-state index is 0.344. The van der Waals surface area contributed by atoms with Gasteiger partial charge in [0.05, 0.1) is 5.69 Å². The molecule has 16 heavy (non-hydrogen) atoms. The molecule has 4 nitrogen and oxygen atoms in total. The van der Waals surface area contributed by atoms with Crippen LogP contribution in [0.4, 0.5) is 5.69 Å². The first-order valence-electron chi connectivity index (χ1n) is 5.35. The van der Waals surface area contributed by atoms with E-state index in [1.165, 1.54) is 0 Å². The van der Waals surface area contributed by atoms with Crippen molar-refractivity contribution >= 4 is 17.9 Å². The Morgan fingerprint density at radius 1 is 1.44 bits per heavy atom. The highest BCUT2D eigenvalue weighted by Gasteiger charge is 2.41. The number of para-hydroxylation sites is 1. The van der Waals surface area contributed by atoms with Crippen molar-refractivity contribution in [2.45, 2.75) is 18.6 Å². The summed E-state index contributed by atoms with van der Waals surface area (Å²) in [5.74, 6) is 0.949. The van der Waals surface area contributed by atoms with Crippen LogP contribution in [0.1, 0.15) is 18.4 Å². The number of hydrogen-bond donors (Lipinski definition) is 1. The van der Waals surface area contributed by atoms with Crippen molar-refractivity contribution in [1.82, 2.24) is 0 Å². The maximum Gasteiger partial charge on any atom is 0.244 e. The molecule has 2 N–H and O–H groups in total. The van der Waals surface area contributed by atoms with Gasteiger partial charge in [-0.15, -0.1) is 0 Å². The summed E-state index contributed by atoms with van der Waals surface area (Å²) in [7, 11) is 0. The van der Waals surface area contributed by atoms with E-state index in [9.17, 15) is 4.79 Å². The largest absolute Gasteiger partial charge is 0.448 e. The molecule has 1 fully saturated rings. The molecule has 82 valence electrons. The third-order valence-corrected chi connectivity index (χ3v) is 2.93. The Bertz CT molecular complexity index is 480. The lowest BCUT2D eigenvalue weighted by Crippen LogP contribution is -2.45. The molecule has 1 aliphatic carbocycles. The second-order valence-electron chi connectivity index (χ2n) is 4.25. The average molecular weight is 216 g/mol. The SMILES string of the molecule is NC1(C=O)OC(C2CC2)=Nc2ccccc21. The maximum atomic E-state index is 11.1. The van der Waals surface area contributed by atoms with Crippen LogP contribution < -0.4 is 5.73 Å². The summed E-state index contributed by atoms with van der Waals surface area (Å²) in [6.07, 6.45) is 2.77. The van der Waals surface area contributed by atoms with Crippen LogP contribution in [0.15, 0.2) is 29.3 Å². The highest BCUT2D eigenvalue weighted by molar-refractivity contribution is 5.89. The van der Waals surface area contributed by atoms with E-state index >= 15 is 0 Å². The van der Waals surface area contributed by atoms with Gasteiger partial charge in [-0.2, -0.15) is 0 Å². The topological polar surface area (TPSA) is 64.7 Å². The Balaban J connectivity index is 2.13. The molecule has 1 atom stereocenters. The van der Waals surface area contributed by atoms with Crippen molar-refractivity contribution in [1.29, 1.82) is 0 Å². The number of fused-ring (bicyclic) bond motifs is 1. The lowest BCUT2D eigenvalue weighted by Gasteiger charge is -2.30. The first-order chi connectivity index (χ1) is 7.73. The smallest absolute Gasteiger partial charge is 0.244 e. The molecular weight excluding hydrogens is 204 g/mol. The molecule has 4 heteroatoms. The first-order valence-corrected chi connectivity index (χ1v) is 5.35. The lowest BCUT2D eigenvalue weighted by atomic mass is 10.0. The Labute approximate surface area is 93.1 Å². The highest BCUT2D eigenvalue weighted by Crippen LogP contribution is 2.40. The fourth-order valence-corrected chi connectivity index (χ4v) is 1.86. The fourth-order valence-electron chi connectivity index (χ4n) is 1.86. The Kier molecular flexibility index (Phi) is 1.88. The summed E-state index contributed by atoms with van der Waals surface area (Å²) >= 11 is 0. The Hall–Kier alpha value is -1.68. The van der Waals surface area contributed by atoms with Crippen LogP contribution in [-0.2, 0) is 15.3 Å². The normalized spacial score (nSPS) is 27.7. The van der Waals surface area contributed by atoms with Gasteiger partial charge >= 0.3 is 0 Å². The van der Waals surface area contributed by atoms with E-state index in [2.05, 4.69) is 4.99 Å². The predicted molar refractivity (Wildman–Crippen MR) is 59.3 cm³/mol. The van der Waals surface area contributed by atoms with Crippen molar-refractivity contribution < 1.29 is 9.53 Å². The van der Waals surface area contributed by atoms with Crippen LogP contribution in [0.5, 0.6) is 0 Å². The number of hydrogen-bond acceptors (Lipinski definition) is 4.